The monoisotopic (exact) mass is 418 g/mol. The Kier molecular flexibility index (Phi) is 6.41. The fraction of sp³-hybridized carbons (Fsp3) is 0.381. The van der Waals surface area contributed by atoms with E-state index in [1.807, 2.05) is 12.1 Å². The molecule has 0 aromatic carbocycles. The molecule has 0 aliphatic heterocycles. The van der Waals surface area contributed by atoms with Gasteiger partial charge in [0, 0.05) is 24.7 Å². The van der Waals surface area contributed by atoms with Gasteiger partial charge in [0.25, 0.3) is 0 Å². The van der Waals surface area contributed by atoms with Crippen molar-refractivity contribution in [2.75, 3.05) is 17.7 Å². The van der Waals surface area contributed by atoms with Crippen LogP contribution in [0.1, 0.15) is 32.4 Å². The minimum absolute atomic E-state index is 0.0529. The minimum Gasteiger partial charge on any atom is -0.372 e. The van der Waals surface area contributed by atoms with E-state index in [9.17, 15) is 14.9 Å². The highest BCUT2D eigenvalue weighted by Crippen LogP contribution is 2.30. The number of amides is 2. The molecule has 31 heavy (non-hydrogen) atoms. The van der Waals surface area contributed by atoms with Gasteiger partial charge in [0.1, 0.15) is 18.2 Å². The fourth-order valence-corrected chi connectivity index (χ4v) is 2.80. The van der Waals surface area contributed by atoms with Crippen LogP contribution in [0, 0.1) is 28.6 Å². The summed E-state index contributed by atoms with van der Waals surface area (Å²) in [6, 6.07) is 4.41. The summed E-state index contributed by atoms with van der Waals surface area (Å²) in [7, 11) is 1.55. The first kappa shape index (κ1) is 21.7. The maximum atomic E-state index is 12.5. The molecule has 10 nitrogen and oxygen atoms in total. The Hall–Kier alpha value is -4.05. The van der Waals surface area contributed by atoms with E-state index in [1.54, 1.807) is 27.0 Å². The molecular formula is C21H22N8O2. The first-order chi connectivity index (χ1) is 14.8. The highest BCUT2D eigenvalue weighted by atomic mass is 16.2. The van der Waals surface area contributed by atoms with E-state index in [0.717, 1.165) is 12.8 Å². The predicted octanol–water partition coefficient (Wildman–Crippen LogP) is 1.93. The zero-order valence-corrected chi connectivity index (χ0v) is 17.5. The largest absolute Gasteiger partial charge is 0.372 e. The lowest BCUT2D eigenvalue weighted by molar-refractivity contribution is -0.131. The van der Waals surface area contributed by atoms with Crippen LogP contribution in [0.2, 0.25) is 0 Å². The number of nitrogens with zero attached hydrogens (tertiary/aromatic N) is 6. The first-order valence-corrected chi connectivity index (χ1v) is 9.80. The molecule has 1 saturated carbocycles. The summed E-state index contributed by atoms with van der Waals surface area (Å²) in [6.45, 7) is 3.27. The van der Waals surface area contributed by atoms with E-state index < -0.39 is 12.1 Å². The van der Waals surface area contributed by atoms with Gasteiger partial charge in [-0.3, -0.25) is 14.6 Å². The lowest BCUT2D eigenvalue weighted by atomic mass is 10.1. The quantitative estimate of drug-likeness (QED) is 0.693. The molecule has 0 unspecified atom stereocenters. The number of likely N-dealkylation sites (N-methyl/N-ethyl adjacent to an activating group) is 1. The Morgan fingerprint density at radius 3 is 2.48 bits per heavy atom. The maximum absolute atomic E-state index is 12.5. The second-order valence-corrected chi connectivity index (χ2v) is 7.40. The minimum atomic E-state index is -0.684. The lowest BCUT2D eigenvalue weighted by Gasteiger charge is -2.24. The summed E-state index contributed by atoms with van der Waals surface area (Å²) >= 11 is 0. The highest BCUT2D eigenvalue weighted by molar-refractivity contribution is 5.93. The van der Waals surface area contributed by atoms with Crippen molar-refractivity contribution in [2.24, 2.45) is 5.92 Å². The molecule has 2 atom stereocenters. The van der Waals surface area contributed by atoms with Gasteiger partial charge in [0.15, 0.2) is 11.5 Å². The molecule has 2 aromatic rings. The molecule has 0 saturated heterocycles. The Labute approximate surface area is 179 Å². The van der Waals surface area contributed by atoms with Crippen molar-refractivity contribution < 1.29 is 9.59 Å². The molecule has 158 valence electrons. The van der Waals surface area contributed by atoms with E-state index in [4.69, 9.17) is 5.26 Å². The van der Waals surface area contributed by atoms with Crippen molar-refractivity contribution in [3.05, 3.63) is 30.4 Å². The van der Waals surface area contributed by atoms with Crippen molar-refractivity contribution in [3.8, 4) is 23.4 Å². The lowest BCUT2D eigenvalue weighted by Crippen LogP contribution is -2.43. The Morgan fingerprint density at radius 1 is 1.16 bits per heavy atom. The summed E-state index contributed by atoms with van der Waals surface area (Å²) < 4.78 is 0. The molecule has 0 radical (unpaired) electrons. The van der Waals surface area contributed by atoms with E-state index in [-0.39, 0.29) is 23.4 Å². The number of nitrogens with one attached hydrogen (secondary N) is 2. The van der Waals surface area contributed by atoms with E-state index in [1.165, 1.54) is 23.5 Å². The van der Waals surface area contributed by atoms with Crippen LogP contribution >= 0.6 is 0 Å². The van der Waals surface area contributed by atoms with Crippen molar-refractivity contribution in [2.45, 2.75) is 38.8 Å². The third-order valence-electron chi connectivity index (χ3n) is 5.00. The second kappa shape index (κ2) is 9.18. The van der Waals surface area contributed by atoms with Crippen LogP contribution in [0.4, 0.5) is 11.5 Å². The van der Waals surface area contributed by atoms with Crippen LogP contribution in [-0.2, 0) is 9.59 Å². The number of carbonyl (C=O) groups excluding carboxylic acids is 2. The number of pyridine rings is 1. The topological polar surface area (TPSA) is 148 Å². The van der Waals surface area contributed by atoms with E-state index >= 15 is 0 Å². The predicted molar refractivity (Wildman–Crippen MR) is 112 cm³/mol. The van der Waals surface area contributed by atoms with Crippen LogP contribution in [0.15, 0.2) is 24.7 Å². The number of carbonyl (C=O) groups is 2. The summed E-state index contributed by atoms with van der Waals surface area (Å²) in [6.07, 6.45) is 6.26. The number of hydrogen-bond donors (Lipinski definition) is 2. The molecule has 0 spiro atoms. The Morgan fingerprint density at radius 2 is 1.90 bits per heavy atom. The molecule has 10 heteroatoms. The molecule has 2 aromatic heterocycles. The van der Waals surface area contributed by atoms with Gasteiger partial charge in [-0.2, -0.15) is 10.5 Å². The molecule has 0 bridgehead atoms. The Balaban J connectivity index is 1.77. The van der Waals surface area contributed by atoms with Gasteiger partial charge in [-0.25, -0.2) is 9.97 Å². The molecule has 2 heterocycles. The zero-order chi connectivity index (χ0) is 22.5. The van der Waals surface area contributed by atoms with Crippen LogP contribution in [-0.4, -0.2) is 50.8 Å². The van der Waals surface area contributed by atoms with Gasteiger partial charge in [0.05, 0.1) is 29.8 Å². The van der Waals surface area contributed by atoms with Gasteiger partial charge in [-0.05, 0) is 32.8 Å². The molecule has 2 N–H and O–H groups in total. The molecule has 1 aliphatic rings. The van der Waals surface area contributed by atoms with Gasteiger partial charge in [-0.1, -0.05) is 0 Å². The van der Waals surface area contributed by atoms with Crippen LogP contribution < -0.4 is 10.6 Å². The van der Waals surface area contributed by atoms with Crippen LogP contribution in [0.5, 0.6) is 0 Å². The van der Waals surface area contributed by atoms with E-state index in [2.05, 4.69) is 25.6 Å². The zero-order valence-electron chi connectivity index (χ0n) is 17.5. The van der Waals surface area contributed by atoms with E-state index in [0.29, 0.717) is 22.8 Å². The average molecular weight is 418 g/mol. The second-order valence-electron chi connectivity index (χ2n) is 7.40. The van der Waals surface area contributed by atoms with Crippen molar-refractivity contribution in [1.29, 1.82) is 10.5 Å². The van der Waals surface area contributed by atoms with Crippen molar-refractivity contribution in [3.63, 3.8) is 0 Å². The molecule has 3 rings (SSSR count). The average Bonchev–Trinajstić information content (AvgIpc) is 3.63. The first-order valence-electron chi connectivity index (χ1n) is 9.80. The maximum Gasteiger partial charge on any atom is 0.245 e. The van der Waals surface area contributed by atoms with Gasteiger partial charge in [0.2, 0.25) is 11.8 Å². The molecular weight excluding hydrogens is 396 g/mol. The fourth-order valence-electron chi connectivity index (χ4n) is 2.80. The van der Waals surface area contributed by atoms with Gasteiger partial charge >= 0.3 is 0 Å². The third kappa shape index (κ3) is 5.11. The summed E-state index contributed by atoms with van der Waals surface area (Å²) in [5, 5.41) is 24.1. The van der Waals surface area contributed by atoms with Crippen molar-refractivity contribution in [1.82, 2.24) is 19.9 Å². The van der Waals surface area contributed by atoms with Crippen LogP contribution in [0.3, 0.4) is 0 Å². The van der Waals surface area contributed by atoms with Gasteiger partial charge in [-0.15, -0.1) is 0 Å². The normalized spacial score (nSPS) is 14.5. The summed E-state index contributed by atoms with van der Waals surface area (Å²) in [5.74, 6) is 0.0917. The van der Waals surface area contributed by atoms with Crippen molar-refractivity contribution >= 4 is 23.3 Å². The third-order valence-corrected chi connectivity index (χ3v) is 5.00. The number of hydrogen-bond acceptors (Lipinski definition) is 8. The molecule has 1 fully saturated rings. The molecule has 1 aliphatic carbocycles. The highest BCUT2D eigenvalue weighted by Gasteiger charge is 2.29. The number of aromatic nitrogens is 3. The smallest absolute Gasteiger partial charge is 0.245 e. The van der Waals surface area contributed by atoms with Crippen LogP contribution in [0.25, 0.3) is 11.3 Å². The summed E-state index contributed by atoms with van der Waals surface area (Å²) in [4.78, 5) is 38.4. The summed E-state index contributed by atoms with van der Waals surface area (Å²) in [5.41, 5.74) is 1.58. The number of nitriles is 2. The SMILES string of the molecule is C[C@H](Nc1cc(-c2cnc(NC(=O)C3CC3)cn2)cnc1C#N)C(=O)N(C)[C@@H](C)C#N. The standard InChI is InChI=1S/C21H22N8O2/c1-12(7-22)29(3)21(31)13(2)27-16-6-15(9-24-17(16)8-23)18-10-26-19(11-25-18)28-20(30)14-4-5-14/h6,9-14,27H,4-5H2,1-3H3,(H,26,28,30)/t12-,13-/m0/s1. The van der Waals surface area contributed by atoms with Gasteiger partial charge < -0.3 is 15.5 Å². The Bertz CT molecular complexity index is 1070. The number of anilines is 2. The molecule has 2 amide bonds. The number of rotatable bonds is 7.